The lowest BCUT2D eigenvalue weighted by Gasteiger charge is -2.57. The molecule has 0 unspecified atom stereocenters. The molecule has 0 saturated heterocycles. The molecule has 0 atom stereocenters. The molecule has 20 heavy (non-hydrogen) atoms. The summed E-state index contributed by atoms with van der Waals surface area (Å²) in [6.45, 7) is 1.66. The van der Waals surface area contributed by atoms with E-state index in [1.807, 2.05) is 0 Å². The van der Waals surface area contributed by atoms with Crippen LogP contribution in [0.15, 0.2) is 24.3 Å². The molecule has 0 amide bonds. The highest BCUT2D eigenvalue weighted by Gasteiger charge is 2.50. The molecule has 0 aromatic heterocycles. The topological polar surface area (TPSA) is 38.0 Å². The first-order chi connectivity index (χ1) is 9.75. The maximum absolute atomic E-state index is 5.74. The van der Waals surface area contributed by atoms with Crippen LogP contribution >= 0.6 is 0 Å². The van der Waals surface area contributed by atoms with Gasteiger partial charge in [0, 0.05) is 18.6 Å². The molecule has 0 spiro atoms. The summed E-state index contributed by atoms with van der Waals surface area (Å²) in [5.41, 5.74) is 8.84. The number of rotatable bonds is 4. The molecule has 4 aliphatic rings. The van der Waals surface area contributed by atoms with E-state index in [0.717, 1.165) is 24.3 Å². The molecule has 4 bridgehead atoms. The molecular weight excluding hydrogens is 244 g/mol. The van der Waals surface area contributed by atoms with Gasteiger partial charge in [0.1, 0.15) is 0 Å². The molecule has 0 aliphatic heterocycles. The van der Waals surface area contributed by atoms with Crippen molar-refractivity contribution in [1.29, 1.82) is 0 Å². The fourth-order valence-corrected chi connectivity index (χ4v) is 5.48. The van der Waals surface area contributed by atoms with Crippen molar-refractivity contribution >= 4 is 0 Å². The van der Waals surface area contributed by atoms with Gasteiger partial charge in [-0.1, -0.05) is 24.3 Å². The van der Waals surface area contributed by atoms with Gasteiger partial charge in [0.15, 0.2) is 0 Å². The average molecular weight is 270 g/mol. The first-order valence-corrected chi connectivity index (χ1v) is 8.28. The molecule has 1 aromatic rings. The Balaban J connectivity index is 1.46. The fourth-order valence-electron chi connectivity index (χ4n) is 5.48. The highest BCUT2D eigenvalue weighted by molar-refractivity contribution is 5.23. The van der Waals surface area contributed by atoms with E-state index >= 15 is 0 Å². The van der Waals surface area contributed by atoms with Crippen molar-refractivity contribution in [2.75, 3.05) is 0 Å². The molecule has 2 heteroatoms. The van der Waals surface area contributed by atoms with E-state index in [-0.39, 0.29) is 0 Å². The highest BCUT2D eigenvalue weighted by Crippen LogP contribution is 2.55. The second-order valence-electron chi connectivity index (χ2n) is 7.58. The van der Waals surface area contributed by atoms with Gasteiger partial charge in [-0.05, 0) is 67.4 Å². The average Bonchev–Trinajstić information content (AvgIpc) is 2.44. The molecule has 4 fully saturated rings. The Labute approximate surface area is 122 Å². The van der Waals surface area contributed by atoms with E-state index < -0.39 is 0 Å². The summed E-state index contributed by atoms with van der Waals surface area (Å²) in [6.07, 6.45) is 8.83. The maximum atomic E-state index is 5.74. The highest BCUT2D eigenvalue weighted by atomic mass is 15.0. The van der Waals surface area contributed by atoms with Crippen LogP contribution in [-0.2, 0) is 13.1 Å². The lowest BCUT2D eigenvalue weighted by Crippen LogP contribution is -2.58. The van der Waals surface area contributed by atoms with Crippen LogP contribution in [0.2, 0.25) is 0 Å². The number of benzene rings is 1. The minimum Gasteiger partial charge on any atom is -0.326 e. The molecule has 0 heterocycles. The van der Waals surface area contributed by atoms with Crippen molar-refractivity contribution < 1.29 is 0 Å². The van der Waals surface area contributed by atoms with Crippen LogP contribution in [0.25, 0.3) is 0 Å². The van der Waals surface area contributed by atoms with Crippen LogP contribution < -0.4 is 11.1 Å². The molecule has 4 aliphatic carbocycles. The van der Waals surface area contributed by atoms with E-state index in [1.54, 1.807) is 0 Å². The standard InChI is InChI=1S/C18H26N2/c19-11-13-2-1-3-14(4-13)12-20-18-8-15-5-16(9-18)7-17(6-15)10-18/h1-4,15-17,20H,5-12,19H2. The number of nitrogens with two attached hydrogens (primary N) is 1. The van der Waals surface area contributed by atoms with Gasteiger partial charge in [-0.25, -0.2) is 0 Å². The van der Waals surface area contributed by atoms with Crippen LogP contribution in [0, 0.1) is 17.8 Å². The lowest BCUT2D eigenvalue weighted by molar-refractivity contribution is -0.0206. The zero-order valence-electron chi connectivity index (χ0n) is 12.3. The number of hydrogen-bond acceptors (Lipinski definition) is 2. The Morgan fingerprint density at radius 3 is 2.20 bits per heavy atom. The monoisotopic (exact) mass is 270 g/mol. The first-order valence-electron chi connectivity index (χ1n) is 8.28. The minimum absolute atomic E-state index is 0.466. The zero-order chi connectivity index (χ0) is 13.6. The van der Waals surface area contributed by atoms with Gasteiger partial charge in [-0.2, -0.15) is 0 Å². The summed E-state index contributed by atoms with van der Waals surface area (Å²) in [5, 5.41) is 3.95. The van der Waals surface area contributed by atoms with E-state index in [2.05, 4.69) is 29.6 Å². The Morgan fingerprint density at radius 1 is 1.00 bits per heavy atom. The molecular formula is C18H26N2. The molecule has 5 rings (SSSR count). The Bertz CT molecular complexity index is 459. The van der Waals surface area contributed by atoms with Crippen molar-refractivity contribution in [3.63, 3.8) is 0 Å². The summed E-state index contributed by atoms with van der Waals surface area (Å²) >= 11 is 0. The second kappa shape index (κ2) is 4.85. The van der Waals surface area contributed by atoms with Crippen LogP contribution in [-0.4, -0.2) is 5.54 Å². The Morgan fingerprint density at radius 2 is 1.60 bits per heavy atom. The van der Waals surface area contributed by atoms with Crippen molar-refractivity contribution in [3.05, 3.63) is 35.4 Å². The summed E-state index contributed by atoms with van der Waals surface area (Å²) in [6, 6.07) is 8.74. The molecule has 4 saturated carbocycles. The predicted octanol–water partition coefficient (Wildman–Crippen LogP) is 3.20. The fraction of sp³-hybridized carbons (Fsp3) is 0.667. The van der Waals surface area contributed by atoms with Crippen molar-refractivity contribution in [2.45, 2.75) is 57.2 Å². The van der Waals surface area contributed by atoms with Gasteiger partial charge in [0.05, 0.1) is 0 Å². The molecule has 108 valence electrons. The summed E-state index contributed by atoms with van der Waals surface area (Å²) in [5.74, 6) is 3.05. The smallest absolute Gasteiger partial charge is 0.0210 e. The lowest BCUT2D eigenvalue weighted by atomic mass is 9.53. The summed E-state index contributed by atoms with van der Waals surface area (Å²) in [7, 11) is 0. The third kappa shape index (κ3) is 2.29. The second-order valence-corrected chi connectivity index (χ2v) is 7.58. The number of hydrogen-bond donors (Lipinski definition) is 2. The van der Waals surface area contributed by atoms with Gasteiger partial charge in [0.25, 0.3) is 0 Å². The predicted molar refractivity (Wildman–Crippen MR) is 82.1 cm³/mol. The maximum Gasteiger partial charge on any atom is 0.0210 e. The Kier molecular flexibility index (Phi) is 3.12. The molecule has 3 N–H and O–H groups in total. The van der Waals surface area contributed by atoms with E-state index in [9.17, 15) is 0 Å². The minimum atomic E-state index is 0.466. The summed E-state index contributed by atoms with van der Waals surface area (Å²) < 4.78 is 0. The number of nitrogens with one attached hydrogen (secondary N) is 1. The largest absolute Gasteiger partial charge is 0.326 e. The van der Waals surface area contributed by atoms with E-state index in [1.165, 1.54) is 49.7 Å². The molecule has 2 nitrogen and oxygen atoms in total. The van der Waals surface area contributed by atoms with Gasteiger partial charge in [-0.3, -0.25) is 0 Å². The van der Waals surface area contributed by atoms with Crippen molar-refractivity contribution in [1.82, 2.24) is 5.32 Å². The van der Waals surface area contributed by atoms with Gasteiger partial charge < -0.3 is 11.1 Å². The van der Waals surface area contributed by atoms with Gasteiger partial charge >= 0.3 is 0 Å². The Hall–Kier alpha value is -0.860. The molecule has 1 aromatic carbocycles. The van der Waals surface area contributed by atoms with Crippen LogP contribution in [0.4, 0.5) is 0 Å². The third-order valence-electron chi connectivity index (χ3n) is 5.93. The van der Waals surface area contributed by atoms with Crippen molar-refractivity contribution in [3.8, 4) is 0 Å². The van der Waals surface area contributed by atoms with Gasteiger partial charge in [0.2, 0.25) is 0 Å². The normalized spacial score (nSPS) is 38.4. The van der Waals surface area contributed by atoms with Crippen molar-refractivity contribution in [2.24, 2.45) is 23.5 Å². The van der Waals surface area contributed by atoms with E-state index in [0.29, 0.717) is 12.1 Å². The van der Waals surface area contributed by atoms with E-state index in [4.69, 9.17) is 5.73 Å². The zero-order valence-corrected chi connectivity index (χ0v) is 12.3. The van der Waals surface area contributed by atoms with Crippen LogP contribution in [0.5, 0.6) is 0 Å². The van der Waals surface area contributed by atoms with Crippen LogP contribution in [0.3, 0.4) is 0 Å². The first kappa shape index (κ1) is 12.8. The quantitative estimate of drug-likeness (QED) is 0.881. The van der Waals surface area contributed by atoms with Gasteiger partial charge in [-0.15, -0.1) is 0 Å². The SMILES string of the molecule is NCc1cccc(CNC23CC4CC(CC(C4)C2)C3)c1. The molecule has 0 radical (unpaired) electrons. The third-order valence-corrected chi connectivity index (χ3v) is 5.93. The summed E-state index contributed by atoms with van der Waals surface area (Å²) in [4.78, 5) is 0. The van der Waals surface area contributed by atoms with Crippen LogP contribution in [0.1, 0.15) is 49.7 Å².